The zero-order chi connectivity index (χ0) is 18.3. The van der Waals surface area contributed by atoms with Crippen LogP contribution in [0.3, 0.4) is 0 Å². The molecule has 1 aromatic carbocycles. The summed E-state index contributed by atoms with van der Waals surface area (Å²) in [6.07, 6.45) is 3.55. The van der Waals surface area contributed by atoms with Crippen LogP contribution in [-0.2, 0) is 0 Å². The van der Waals surface area contributed by atoms with Gasteiger partial charge in [0.2, 0.25) is 5.92 Å². The Morgan fingerprint density at radius 3 is 2.69 bits per heavy atom. The van der Waals surface area contributed by atoms with Crippen LogP contribution in [0.15, 0.2) is 42.7 Å². The standard InChI is InChI=1S/C19H18F2N4O/c1-25(14-4-6-19(20,21)10-14)18-3-2-16(23-24-18)15-8-12-5-7-22-11-13(12)9-17(15)26/h2-3,5,7-9,11,14,26H,4,6,10H2,1H3/t14-/m1/s1. The molecule has 1 aliphatic carbocycles. The molecule has 0 aliphatic heterocycles. The second kappa shape index (κ2) is 6.16. The van der Waals surface area contributed by atoms with Crippen molar-refractivity contribution in [2.75, 3.05) is 11.9 Å². The molecule has 7 heteroatoms. The number of halogens is 2. The molecule has 0 saturated heterocycles. The summed E-state index contributed by atoms with van der Waals surface area (Å²) in [4.78, 5) is 5.79. The lowest BCUT2D eigenvalue weighted by Crippen LogP contribution is -2.31. The number of pyridine rings is 1. The Morgan fingerprint density at radius 2 is 2.00 bits per heavy atom. The third kappa shape index (κ3) is 3.05. The first kappa shape index (κ1) is 16.6. The minimum atomic E-state index is -2.60. The Bertz CT molecular complexity index is 946. The van der Waals surface area contributed by atoms with E-state index >= 15 is 0 Å². The molecule has 0 bridgehead atoms. The summed E-state index contributed by atoms with van der Waals surface area (Å²) in [6.45, 7) is 0. The SMILES string of the molecule is CN(c1ccc(-c2cc3ccncc3cc2O)nn1)[C@@H]1CCC(F)(F)C1. The highest BCUT2D eigenvalue weighted by Crippen LogP contribution is 2.38. The first-order valence-electron chi connectivity index (χ1n) is 8.44. The van der Waals surface area contributed by atoms with Gasteiger partial charge in [-0.05, 0) is 42.1 Å². The average Bonchev–Trinajstić information content (AvgIpc) is 3.00. The van der Waals surface area contributed by atoms with Gasteiger partial charge in [0.15, 0.2) is 5.82 Å². The summed E-state index contributed by atoms with van der Waals surface area (Å²) in [7, 11) is 1.76. The van der Waals surface area contributed by atoms with Crippen molar-refractivity contribution in [3.63, 3.8) is 0 Å². The largest absolute Gasteiger partial charge is 0.507 e. The lowest BCUT2D eigenvalue weighted by Gasteiger charge is -2.25. The van der Waals surface area contributed by atoms with Gasteiger partial charge >= 0.3 is 0 Å². The molecule has 5 nitrogen and oxygen atoms in total. The first-order valence-corrected chi connectivity index (χ1v) is 8.44. The lowest BCUT2D eigenvalue weighted by molar-refractivity contribution is 0.00786. The van der Waals surface area contributed by atoms with Crippen LogP contribution in [0, 0.1) is 0 Å². The fourth-order valence-corrected chi connectivity index (χ4v) is 3.43. The van der Waals surface area contributed by atoms with Gasteiger partial charge in [-0.3, -0.25) is 4.98 Å². The van der Waals surface area contributed by atoms with Gasteiger partial charge in [-0.25, -0.2) is 8.78 Å². The molecule has 26 heavy (non-hydrogen) atoms. The molecule has 2 heterocycles. The number of phenolic OH excluding ortho intramolecular Hbond substituents is 1. The van der Waals surface area contributed by atoms with E-state index < -0.39 is 5.92 Å². The van der Waals surface area contributed by atoms with Gasteiger partial charge in [-0.2, -0.15) is 0 Å². The van der Waals surface area contributed by atoms with Gasteiger partial charge < -0.3 is 10.0 Å². The lowest BCUT2D eigenvalue weighted by atomic mass is 10.1. The normalized spacial score (nSPS) is 19.0. The summed E-state index contributed by atoms with van der Waals surface area (Å²) in [6, 6.07) is 8.57. The van der Waals surface area contributed by atoms with E-state index in [1.807, 2.05) is 12.1 Å². The number of rotatable bonds is 3. The Morgan fingerprint density at radius 1 is 1.15 bits per heavy atom. The van der Waals surface area contributed by atoms with Crippen LogP contribution < -0.4 is 4.90 Å². The smallest absolute Gasteiger partial charge is 0.250 e. The van der Waals surface area contributed by atoms with Gasteiger partial charge in [0, 0.05) is 49.3 Å². The second-order valence-electron chi connectivity index (χ2n) is 6.73. The molecule has 1 N–H and O–H groups in total. The minimum absolute atomic E-state index is 0.0899. The molecule has 3 aromatic rings. The van der Waals surface area contributed by atoms with E-state index in [0.717, 1.165) is 10.8 Å². The minimum Gasteiger partial charge on any atom is -0.507 e. The third-order valence-electron chi connectivity index (χ3n) is 4.97. The number of aromatic hydroxyl groups is 1. The predicted molar refractivity (Wildman–Crippen MR) is 95.4 cm³/mol. The van der Waals surface area contributed by atoms with E-state index in [9.17, 15) is 13.9 Å². The number of benzene rings is 1. The van der Waals surface area contributed by atoms with Crippen molar-refractivity contribution in [3.8, 4) is 17.0 Å². The van der Waals surface area contributed by atoms with E-state index in [0.29, 0.717) is 23.5 Å². The van der Waals surface area contributed by atoms with Crippen LogP contribution in [0.25, 0.3) is 22.0 Å². The number of fused-ring (bicyclic) bond motifs is 1. The van der Waals surface area contributed by atoms with E-state index in [1.165, 1.54) is 0 Å². The van der Waals surface area contributed by atoms with Crippen molar-refractivity contribution in [1.82, 2.24) is 15.2 Å². The van der Waals surface area contributed by atoms with E-state index in [4.69, 9.17) is 0 Å². The number of hydrogen-bond acceptors (Lipinski definition) is 5. The average molecular weight is 356 g/mol. The van der Waals surface area contributed by atoms with Crippen LogP contribution in [0.5, 0.6) is 5.75 Å². The molecule has 1 fully saturated rings. The van der Waals surface area contributed by atoms with Gasteiger partial charge in [-0.1, -0.05) is 0 Å². The second-order valence-corrected chi connectivity index (χ2v) is 6.73. The van der Waals surface area contributed by atoms with Gasteiger partial charge in [0.25, 0.3) is 0 Å². The van der Waals surface area contributed by atoms with Crippen LogP contribution in [0.2, 0.25) is 0 Å². The fraction of sp³-hybridized carbons (Fsp3) is 0.316. The maximum atomic E-state index is 13.4. The Hall–Kier alpha value is -2.83. The van der Waals surface area contributed by atoms with Crippen molar-refractivity contribution in [1.29, 1.82) is 0 Å². The quantitative estimate of drug-likeness (QED) is 0.768. The zero-order valence-electron chi connectivity index (χ0n) is 14.2. The van der Waals surface area contributed by atoms with Gasteiger partial charge in [0.1, 0.15) is 5.75 Å². The van der Waals surface area contributed by atoms with Crippen molar-refractivity contribution in [3.05, 3.63) is 42.7 Å². The summed E-state index contributed by atoms with van der Waals surface area (Å²) in [5, 5.41) is 20.4. The Labute approximate surface area is 149 Å². The van der Waals surface area contributed by atoms with Crippen molar-refractivity contribution in [2.45, 2.75) is 31.2 Å². The maximum absolute atomic E-state index is 13.4. The number of anilines is 1. The van der Waals surface area contributed by atoms with E-state index in [2.05, 4.69) is 15.2 Å². The third-order valence-corrected chi connectivity index (χ3v) is 4.97. The molecule has 1 saturated carbocycles. The number of aromatic nitrogens is 3. The summed E-state index contributed by atoms with van der Waals surface area (Å²) in [5.74, 6) is -1.96. The fourth-order valence-electron chi connectivity index (χ4n) is 3.43. The molecular weight excluding hydrogens is 338 g/mol. The number of nitrogens with zero attached hydrogens (tertiary/aromatic N) is 4. The molecule has 0 radical (unpaired) electrons. The summed E-state index contributed by atoms with van der Waals surface area (Å²) in [5.41, 5.74) is 1.09. The number of hydrogen-bond donors (Lipinski definition) is 1. The molecule has 1 atom stereocenters. The predicted octanol–water partition coefficient (Wildman–Crippen LogP) is 4.02. The monoisotopic (exact) mass is 356 g/mol. The molecule has 0 unspecified atom stereocenters. The van der Waals surface area contributed by atoms with Gasteiger partial charge in [0.05, 0.1) is 5.69 Å². The highest BCUT2D eigenvalue weighted by atomic mass is 19.3. The van der Waals surface area contributed by atoms with E-state index in [1.54, 1.807) is 42.5 Å². The highest BCUT2D eigenvalue weighted by molar-refractivity contribution is 5.89. The van der Waals surface area contributed by atoms with Crippen LogP contribution in [0.4, 0.5) is 14.6 Å². The van der Waals surface area contributed by atoms with Crippen LogP contribution in [0.1, 0.15) is 19.3 Å². The Kier molecular flexibility index (Phi) is 3.94. The summed E-state index contributed by atoms with van der Waals surface area (Å²) >= 11 is 0. The van der Waals surface area contributed by atoms with Crippen LogP contribution >= 0.6 is 0 Å². The number of phenols is 1. The zero-order valence-corrected chi connectivity index (χ0v) is 14.2. The highest BCUT2D eigenvalue weighted by Gasteiger charge is 2.41. The molecule has 134 valence electrons. The molecule has 0 amide bonds. The number of alkyl halides is 2. The first-order chi connectivity index (χ1) is 12.4. The molecule has 0 spiro atoms. The van der Waals surface area contributed by atoms with Crippen molar-refractivity contribution in [2.24, 2.45) is 0 Å². The molecule has 1 aliphatic rings. The molecular formula is C19H18F2N4O. The molecule has 2 aromatic heterocycles. The Balaban J connectivity index is 1.61. The summed E-state index contributed by atoms with van der Waals surface area (Å²) < 4.78 is 26.9. The maximum Gasteiger partial charge on any atom is 0.250 e. The van der Waals surface area contributed by atoms with Crippen LogP contribution in [-0.4, -0.2) is 39.3 Å². The van der Waals surface area contributed by atoms with Crippen molar-refractivity contribution < 1.29 is 13.9 Å². The van der Waals surface area contributed by atoms with E-state index in [-0.39, 0.29) is 24.6 Å². The molecule has 4 rings (SSSR count). The van der Waals surface area contributed by atoms with Crippen molar-refractivity contribution >= 4 is 16.6 Å². The topological polar surface area (TPSA) is 62.1 Å². The van der Waals surface area contributed by atoms with Gasteiger partial charge in [-0.15, -0.1) is 10.2 Å².